The van der Waals surface area contributed by atoms with Gasteiger partial charge >= 0.3 is 0 Å². The number of anilines is 1. The summed E-state index contributed by atoms with van der Waals surface area (Å²) in [6.07, 6.45) is 1.87. The highest BCUT2D eigenvalue weighted by Gasteiger charge is 2.21. The maximum absolute atomic E-state index is 13.2. The van der Waals surface area contributed by atoms with Gasteiger partial charge in [-0.25, -0.2) is 8.78 Å². The quantitative estimate of drug-likeness (QED) is 0.742. The molecule has 0 radical (unpaired) electrons. The molecule has 5 heteroatoms. The van der Waals surface area contributed by atoms with Gasteiger partial charge in [0.2, 0.25) is 0 Å². The van der Waals surface area contributed by atoms with Crippen molar-refractivity contribution in [3.05, 3.63) is 29.3 Å². The van der Waals surface area contributed by atoms with Crippen molar-refractivity contribution in [3.63, 3.8) is 0 Å². The molecule has 0 spiro atoms. The van der Waals surface area contributed by atoms with Crippen molar-refractivity contribution in [2.24, 2.45) is 0 Å². The molecule has 16 heavy (non-hydrogen) atoms. The minimum Gasteiger partial charge on any atom is -0.394 e. The molecule has 1 amide bonds. The number of rotatable bonds is 1. The normalized spacial score (nSPS) is 15.5. The van der Waals surface area contributed by atoms with Crippen LogP contribution in [0.2, 0.25) is 0 Å². The molecule has 2 rings (SSSR count). The Morgan fingerprint density at radius 3 is 2.19 bits per heavy atom. The summed E-state index contributed by atoms with van der Waals surface area (Å²) in [6, 6.07) is 1.97. The van der Waals surface area contributed by atoms with Crippen LogP contribution in [0.1, 0.15) is 23.2 Å². The first-order valence-electron chi connectivity index (χ1n) is 5.13. The minimum atomic E-state index is -0.887. The van der Waals surface area contributed by atoms with Gasteiger partial charge in [0.05, 0.1) is 0 Å². The van der Waals surface area contributed by atoms with E-state index >= 15 is 0 Å². The number of benzene rings is 1. The van der Waals surface area contributed by atoms with Crippen LogP contribution in [-0.4, -0.2) is 23.9 Å². The van der Waals surface area contributed by atoms with Gasteiger partial charge in [0.25, 0.3) is 5.91 Å². The molecule has 1 aromatic rings. The Morgan fingerprint density at radius 1 is 1.19 bits per heavy atom. The van der Waals surface area contributed by atoms with E-state index in [0.717, 1.165) is 25.0 Å². The molecule has 1 aromatic carbocycles. The third-order valence-electron chi connectivity index (χ3n) is 2.72. The van der Waals surface area contributed by atoms with Gasteiger partial charge in [0.15, 0.2) is 0 Å². The van der Waals surface area contributed by atoms with Crippen LogP contribution in [0, 0.1) is 11.6 Å². The van der Waals surface area contributed by atoms with E-state index in [-0.39, 0.29) is 11.5 Å². The number of amides is 1. The van der Waals surface area contributed by atoms with Crippen LogP contribution < -0.4 is 5.73 Å². The molecule has 2 N–H and O–H groups in total. The number of nitrogens with zero attached hydrogens (tertiary/aromatic N) is 1. The van der Waals surface area contributed by atoms with Gasteiger partial charge in [-0.1, -0.05) is 0 Å². The smallest absolute Gasteiger partial charge is 0.254 e. The van der Waals surface area contributed by atoms with Gasteiger partial charge in [-0.05, 0) is 25.0 Å². The second kappa shape index (κ2) is 4.08. The lowest BCUT2D eigenvalue weighted by Crippen LogP contribution is -2.27. The first kappa shape index (κ1) is 10.9. The summed E-state index contributed by atoms with van der Waals surface area (Å²) < 4.78 is 26.3. The van der Waals surface area contributed by atoms with Gasteiger partial charge in [-0.15, -0.1) is 0 Å². The third-order valence-corrected chi connectivity index (χ3v) is 2.72. The number of carbonyl (C=O) groups excluding carboxylic acids is 1. The average Bonchev–Trinajstić information content (AvgIpc) is 2.77. The van der Waals surface area contributed by atoms with E-state index in [9.17, 15) is 13.6 Å². The predicted octanol–water partition coefficient (Wildman–Crippen LogP) is 1.78. The topological polar surface area (TPSA) is 46.3 Å². The van der Waals surface area contributed by atoms with Gasteiger partial charge in [-0.3, -0.25) is 4.79 Å². The third kappa shape index (κ3) is 1.85. The zero-order valence-electron chi connectivity index (χ0n) is 8.67. The van der Waals surface area contributed by atoms with Gasteiger partial charge in [0.1, 0.15) is 17.3 Å². The molecule has 0 aromatic heterocycles. The Balaban J connectivity index is 2.29. The zero-order chi connectivity index (χ0) is 11.7. The molecule has 0 atom stereocenters. The van der Waals surface area contributed by atoms with Crippen molar-refractivity contribution in [1.82, 2.24) is 4.90 Å². The van der Waals surface area contributed by atoms with Crippen molar-refractivity contribution in [3.8, 4) is 0 Å². The first-order valence-corrected chi connectivity index (χ1v) is 5.13. The number of likely N-dealkylation sites (tertiary alicyclic amines) is 1. The van der Waals surface area contributed by atoms with E-state index in [4.69, 9.17) is 5.73 Å². The van der Waals surface area contributed by atoms with E-state index < -0.39 is 17.3 Å². The number of carbonyl (C=O) groups is 1. The lowest BCUT2D eigenvalue weighted by molar-refractivity contribution is 0.0792. The summed E-state index contributed by atoms with van der Waals surface area (Å²) in [5.74, 6) is -2.11. The summed E-state index contributed by atoms with van der Waals surface area (Å²) in [6.45, 7) is 1.29. The van der Waals surface area contributed by atoms with Crippen molar-refractivity contribution < 1.29 is 13.6 Å². The van der Waals surface area contributed by atoms with E-state index in [1.807, 2.05) is 0 Å². The second-order valence-electron chi connectivity index (χ2n) is 3.85. The van der Waals surface area contributed by atoms with Crippen molar-refractivity contribution >= 4 is 11.6 Å². The van der Waals surface area contributed by atoms with Crippen LogP contribution in [0.15, 0.2) is 12.1 Å². The molecule has 0 unspecified atom stereocenters. The summed E-state index contributed by atoms with van der Waals surface area (Å²) in [4.78, 5) is 13.4. The molecule has 0 bridgehead atoms. The number of halogens is 2. The van der Waals surface area contributed by atoms with Gasteiger partial charge < -0.3 is 10.6 Å². The highest BCUT2D eigenvalue weighted by atomic mass is 19.1. The van der Waals surface area contributed by atoms with E-state index in [0.29, 0.717) is 13.1 Å². The van der Waals surface area contributed by atoms with Crippen molar-refractivity contribution in [2.75, 3.05) is 18.8 Å². The summed E-state index contributed by atoms with van der Waals surface area (Å²) >= 11 is 0. The maximum Gasteiger partial charge on any atom is 0.254 e. The SMILES string of the molecule is Nc1c(F)cc(C(=O)N2CCCC2)cc1F. The Hall–Kier alpha value is -1.65. The standard InChI is InChI=1S/C11H12F2N2O/c12-8-5-7(6-9(13)10(8)14)11(16)15-3-1-2-4-15/h5-6H,1-4,14H2. The van der Waals surface area contributed by atoms with E-state index in [1.54, 1.807) is 4.90 Å². The fourth-order valence-electron chi connectivity index (χ4n) is 1.81. The van der Waals surface area contributed by atoms with Crippen LogP contribution in [0.25, 0.3) is 0 Å². The van der Waals surface area contributed by atoms with E-state index in [1.165, 1.54) is 0 Å². The van der Waals surface area contributed by atoms with Gasteiger partial charge in [-0.2, -0.15) is 0 Å². The first-order chi connectivity index (χ1) is 7.59. The molecule has 1 heterocycles. The number of nitrogens with two attached hydrogens (primary N) is 1. The highest BCUT2D eigenvalue weighted by Crippen LogP contribution is 2.20. The minimum absolute atomic E-state index is 0.0195. The molecular weight excluding hydrogens is 214 g/mol. The lowest BCUT2D eigenvalue weighted by Gasteiger charge is -2.15. The molecule has 0 aliphatic carbocycles. The van der Waals surface area contributed by atoms with Crippen LogP contribution in [0.4, 0.5) is 14.5 Å². The fourth-order valence-corrected chi connectivity index (χ4v) is 1.81. The predicted molar refractivity (Wildman–Crippen MR) is 55.9 cm³/mol. The summed E-state index contributed by atoms with van der Waals surface area (Å²) in [7, 11) is 0. The zero-order valence-corrected chi connectivity index (χ0v) is 8.67. The van der Waals surface area contributed by atoms with Crippen LogP contribution >= 0.6 is 0 Å². The molecule has 1 aliphatic rings. The second-order valence-corrected chi connectivity index (χ2v) is 3.85. The maximum atomic E-state index is 13.2. The largest absolute Gasteiger partial charge is 0.394 e. The lowest BCUT2D eigenvalue weighted by atomic mass is 10.1. The van der Waals surface area contributed by atoms with Crippen LogP contribution in [-0.2, 0) is 0 Å². The Kier molecular flexibility index (Phi) is 2.77. The van der Waals surface area contributed by atoms with Gasteiger partial charge in [0, 0.05) is 18.7 Å². The van der Waals surface area contributed by atoms with Crippen LogP contribution in [0.3, 0.4) is 0 Å². The monoisotopic (exact) mass is 226 g/mol. The Bertz CT molecular complexity index is 405. The number of hydrogen-bond acceptors (Lipinski definition) is 2. The molecular formula is C11H12F2N2O. The molecule has 86 valence electrons. The van der Waals surface area contributed by atoms with Crippen LogP contribution in [0.5, 0.6) is 0 Å². The Morgan fingerprint density at radius 2 is 1.69 bits per heavy atom. The molecule has 1 saturated heterocycles. The number of nitrogen functional groups attached to an aromatic ring is 1. The number of hydrogen-bond donors (Lipinski definition) is 1. The molecule has 0 saturated carbocycles. The summed E-state index contributed by atoms with van der Waals surface area (Å²) in [5, 5.41) is 0. The summed E-state index contributed by atoms with van der Waals surface area (Å²) in [5.41, 5.74) is 4.61. The molecule has 1 aliphatic heterocycles. The highest BCUT2D eigenvalue weighted by molar-refractivity contribution is 5.94. The Labute approximate surface area is 91.8 Å². The fraction of sp³-hybridized carbons (Fsp3) is 0.364. The molecule has 3 nitrogen and oxygen atoms in total. The van der Waals surface area contributed by atoms with Crippen molar-refractivity contribution in [1.29, 1.82) is 0 Å². The van der Waals surface area contributed by atoms with E-state index in [2.05, 4.69) is 0 Å². The average molecular weight is 226 g/mol. The van der Waals surface area contributed by atoms with Crippen molar-refractivity contribution in [2.45, 2.75) is 12.8 Å². The molecule has 1 fully saturated rings.